The lowest BCUT2D eigenvalue weighted by Crippen LogP contribution is -2.68. The number of likely N-dealkylation sites (tertiary alicyclic amines) is 1. The number of carbonyl (C=O) groups excluding carboxylic acids is 1. The van der Waals surface area contributed by atoms with Crippen LogP contribution in [0, 0.1) is 11.3 Å². The van der Waals surface area contributed by atoms with Gasteiger partial charge in [-0.2, -0.15) is 0 Å². The average Bonchev–Trinajstić information content (AvgIpc) is 3.60. The van der Waals surface area contributed by atoms with E-state index in [0.717, 1.165) is 43.1 Å². The van der Waals surface area contributed by atoms with Gasteiger partial charge >= 0.3 is 6.03 Å². The molecule has 5 rings (SSSR count). The van der Waals surface area contributed by atoms with Gasteiger partial charge in [0, 0.05) is 37.0 Å². The maximum atomic E-state index is 13.4. The topological polar surface area (TPSA) is 79.7 Å². The zero-order valence-corrected chi connectivity index (χ0v) is 18.8. The van der Waals surface area contributed by atoms with E-state index in [0.29, 0.717) is 5.75 Å². The van der Waals surface area contributed by atoms with Gasteiger partial charge in [-0.3, -0.25) is 4.90 Å². The Kier molecular flexibility index (Phi) is 5.20. The van der Waals surface area contributed by atoms with Gasteiger partial charge in [-0.05, 0) is 79.1 Å². The summed E-state index contributed by atoms with van der Waals surface area (Å²) in [7, 11) is 1.91. The standard InChI is InChI=1S/C26H32N4O2/c1-26-11-12-30(16-18-3-4-18)23(13-19-7-10-21(31)14-22(19)26)24(26)29(2)25(32)28-20-8-5-17(15-27)6-9-20/h5-10,14-15,18,23-24,27,31H,3-4,11-13,16H2,1-2H3,(H,28,32). The molecule has 1 saturated heterocycles. The molecule has 6 nitrogen and oxygen atoms in total. The van der Waals surface area contributed by atoms with Gasteiger partial charge in [0.1, 0.15) is 5.75 Å². The number of hydrogen-bond donors (Lipinski definition) is 3. The van der Waals surface area contributed by atoms with Crippen LogP contribution in [-0.2, 0) is 11.8 Å². The molecule has 0 spiro atoms. The van der Waals surface area contributed by atoms with Crippen molar-refractivity contribution in [3.8, 4) is 5.75 Å². The number of nitrogens with one attached hydrogen (secondary N) is 2. The third-order valence-electron chi connectivity index (χ3n) is 7.80. The molecular weight excluding hydrogens is 400 g/mol. The van der Waals surface area contributed by atoms with Gasteiger partial charge in [0.15, 0.2) is 0 Å². The molecule has 0 radical (unpaired) electrons. The van der Waals surface area contributed by atoms with E-state index in [9.17, 15) is 9.90 Å². The van der Waals surface area contributed by atoms with Gasteiger partial charge < -0.3 is 20.7 Å². The highest BCUT2D eigenvalue weighted by atomic mass is 16.3. The number of rotatable bonds is 5. The Balaban J connectivity index is 1.46. The third kappa shape index (κ3) is 3.66. The van der Waals surface area contributed by atoms with Crippen molar-refractivity contribution in [3.05, 3.63) is 59.2 Å². The zero-order chi connectivity index (χ0) is 22.5. The molecule has 6 heteroatoms. The Hall–Kier alpha value is -2.86. The Morgan fingerprint density at radius 1 is 1.28 bits per heavy atom. The summed E-state index contributed by atoms with van der Waals surface area (Å²) < 4.78 is 0. The first-order chi connectivity index (χ1) is 15.4. The van der Waals surface area contributed by atoms with Crippen LogP contribution >= 0.6 is 0 Å². The second kappa shape index (κ2) is 7.93. The number of urea groups is 1. The van der Waals surface area contributed by atoms with E-state index < -0.39 is 0 Å². The van der Waals surface area contributed by atoms with E-state index in [-0.39, 0.29) is 23.5 Å². The van der Waals surface area contributed by atoms with Crippen molar-refractivity contribution in [3.63, 3.8) is 0 Å². The maximum Gasteiger partial charge on any atom is 0.321 e. The van der Waals surface area contributed by atoms with Crippen LogP contribution in [0.2, 0.25) is 0 Å². The smallest absolute Gasteiger partial charge is 0.321 e. The number of benzene rings is 2. The highest BCUT2D eigenvalue weighted by Gasteiger charge is 2.53. The van der Waals surface area contributed by atoms with Crippen LogP contribution in [0.3, 0.4) is 0 Å². The number of nitrogens with zero attached hydrogens (tertiary/aromatic N) is 2. The number of hydrogen-bond acceptors (Lipinski definition) is 4. The van der Waals surface area contributed by atoms with E-state index >= 15 is 0 Å². The van der Waals surface area contributed by atoms with Crippen molar-refractivity contribution in [1.82, 2.24) is 9.80 Å². The fraction of sp³-hybridized carbons (Fsp3) is 0.462. The maximum absolute atomic E-state index is 13.4. The van der Waals surface area contributed by atoms with E-state index in [1.54, 1.807) is 6.07 Å². The van der Waals surface area contributed by atoms with E-state index in [4.69, 9.17) is 5.41 Å². The number of piperidine rings is 1. The summed E-state index contributed by atoms with van der Waals surface area (Å²) in [4.78, 5) is 17.9. The van der Waals surface area contributed by atoms with Crippen molar-refractivity contribution >= 4 is 17.9 Å². The third-order valence-corrected chi connectivity index (χ3v) is 7.80. The lowest BCUT2D eigenvalue weighted by Gasteiger charge is -2.58. The number of likely N-dealkylation sites (N-methyl/N-ethyl adjacent to an activating group) is 1. The van der Waals surface area contributed by atoms with Crippen molar-refractivity contribution < 1.29 is 9.90 Å². The molecule has 2 bridgehead atoms. The number of carbonyl (C=O) groups is 1. The summed E-state index contributed by atoms with van der Waals surface area (Å²) in [5.41, 5.74) is 3.79. The van der Waals surface area contributed by atoms with Gasteiger partial charge in [0.2, 0.25) is 0 Å². The molecular formula is C26H32N4O2. The van der Waals surface area contributed by atoms with Crippen LogP contribution in [0.15, 0.2) is 42.5 Å². The molecule has 3 unspecified atom stereocenters. The molecule has 3 atom stereocenters. The summed E-state index contributed by atoms with van der Waals surface area (Å²) in [6.45, 7) is 4.41. The Bertz CT molecular complexity index is 1030. The van der Waals surface area contributed by atoms with Crippen molar-refractivity contribution in [2.75, 3.05) is 25.5 Å². The first-order valence-corrected chi connectivity index (χ1v) is 11.6. The molecule has 1 saturated carbocycles. The summed E-state index contributed by atoms with van der Waals surface area (Å²) >= 11 is 0. The van der Waals surface area contributed by atoms with Crippen LogP contribution in [0.25, 0.3) is 0 Å². The molecule has 3 aliphatic rings. The lowest BCUT2D eigenvalue weighted by atomic mass is 9.61. The van der Waals surface area contributed by atoms with Crippen LogP contribution in [0.5, 0.6) is 5.75 Å². The monoisotopic (exact) mass is 432 g/mol. The molecule has 3 N–H and O–H groups in total. The summed E-state index contributed by atoms with van der Waals surface area (Å²) in [6, 6.07) is 13.3. The lowest BCUT2D eigenvalue weighted by molar-refractivity contribution is 0.00456. The second-order valence-electron chi connectivity index (χ2n) is 9.97. The normalized spacial score (nSPS) is 26.8. The van der Waals surface area contributed by atoms with E-state index in [1.807, 2.05) is 42.3 Å². The van der Waals surface area contributed by atoms with Gasteiger partial charge in [0.05, 0.1) is 6.04 Å². The van der Waals surface area contributed by atoms with Crippen molar-refractivity contribution in [2.45, 2.75) is 50.1 Å². The van der Waals surface area contributed by atoms with Gasteiger partial charge in [0.25, 0.3) is 0 Å². The SMILES string of the molecule is CN(C(=O)Nc1ccc(C=N)cc1)C1C2Cc3ccc(O)cc3C1(C)CCN2CC1CC1. The highest BCUT2D eigenvalue weighted by molar-refractivity contribution is 5.90. The second-order valence-corrected chi connectivity index (χ2v) is 9.97. The Labute approximate surface area is 189 Å². The van der Waals surface area contributed by atoms with E-state index in [2.05, 4.69) is 23.2 Å². The molecule has 0 aromatic heterocycles. The molecule has 168 valence electrons. The molecule has 32 heavy (non-hydrogen) atoms. The quantitative estimate of drug-likeness (QED) is 0.619. The Morgan fingerprint density at radius 3 is 2.72 bits per heavy atom. The van der Waals surface area contributed by atoms with Gasteiger partial charge in [-0.25, -0.2) is 4.79 Å². The number of anilines is 1. The molecule has 2 aromatic carbocycles. The summed E-state index contributed by atoms with van der Waals surface area (Å²) in [6.07, 6.45) is 5.79. The van der Waals surface area contributed by atoms with Crippen molar-refractivity contribution in [1.29, 1.82) is 5.41 Å². The fourth-order valence-electron chi connectivity index (χ4n) is 5.89. The van der Waals surface area contributed by atoms with Gasteiger partial charge in [-0.1, -0.05) is 25.1 Å². The van der Waals surface area contributed by atoms with Crippen LogP contribution in [-0.4, -0.2) is 59.4 Å². The minimum Gasteiger partial charge on any atom is -0.508 e. The highest BCUT2D eigenvalue weighted by Crippen LogP contribution is 2.48. The number of phenols is 1. The fourth-order valence-corrected chi connectivity index (χ4v) is 5.89. The summed E-state index contributed by atoms with van der Waals surface area (Å²) in [5.74, 6) is 1.09. The first-order valence-electron chi connectivity index (χ1n) is 11.6. The van der Waals surface area contributed by atoms with Crippen LogP contribution in [0.4, 0.5) is 10.5 Å². The molecule has 2 amide bonds. The molecule has 1 aliphatic heterocycles. The minimum absolute atomic E-state index is 0.0187. The summed E-state index contributed by atoms with van der Waals surface area (Å²) in [5, 5.41) is 20.6. The van der Waals surface area contributed by atoms with Crippen LogP contribution in [0.1, 0.15) is 42.9 Å². The largest absolute Gasteiger partial charge is 0.508 e. The average molecular weight is 433 g/mol. The number of fused-ring (bicyclic) bond motifs is 4. The molecule has 2 fully saturated rings. The molecule has 2 aromatic rings. The molecule has 2 aliphatic carbocycles. The Morgan fingerprint density at radius 2 is 2.03 bits per heavy atom. The number of amides is 2. The van der Waals surface area contributed by atoms with Crippen molar-refractivity contribution in [2.24, 2.45) is 5.92 Å². The van der Waals surface area contributed by atoms with Gasteiger partial charge in [-0.15, -0.1) is 0 Å². The van der Waals surface area contributed by atoms with Crippen LogP contribution < -0.4 is 5.32 Å². The number of phenolic OH excluding ortho intramolecular Hbond substituents is 1. The predicted octanol–water partition coefficient (Wildman–Crippen LogP) is 4.22. The first kappa shape index (κ1) is 21.0. The molecule has 1 heterocycles. The zero-order valence-electron chi connectivity index (χ0n) is 18.8. The number of aromatic hydroxyl groups is 1. The van der Waals surface area contributed by atoms with E-state index in [1.165, 1.54) is 30.2 Å². The minimum atomic E-state index is -0.215. The predicted molar refractivity (Wildman–Crippen MR) is 127 cm³/mol.